The lowest BCUT2D eigenvalue weighted by Crippen LogP contribution is -2.56. The zero-order chi connectivity index (χ0) is 12.6. The minimum absolute atomic E-state index is 0.248. The summed E-state index contributed by atoms with van der Waals surface area (Å²) in [6.45, 7) is 7.36. The fraction of sp³-hybridized carbons (Fsp3) is 0.909. The number of hydrogen-bond acceptors (Lipinski definition) is 3. The minimum atomic E-state index is -1.05. The van der Waals surface area contributed by atoms with E-state index in [0.717, 1.165) is 0 Å². The highest BCUT2D eigenvalue weighted by molar-refractivity contribution is 5.67. The number of amides is 1. The number of rotatable bonds is 3. The fourth-order valence-corrected chi connectivity index (χ4v) is 2.28. The van der Waals surface area contributed by atoms with Gasteiger partial charge in [0.05, 0.1) is 18.2 Å². The van der Waals surface area contributed by atoms with E-state index >= 15 is 0 Å². The van der Waals surface area contributed by atoms with E-state index in [1.165, 1.54) is 4.90 Å². The molecule has 2 N–H and O–H groups in total. The first kappa shape index (κ1) is 13.3. The number of nitrogens with zero attached hydrogens (tertiary/aromatic N) is 1. The van der Waals surface area contributed by atoms with E-state index in [1.807, 2.05) is 13.8 Å². The second-order valence-electron chi connectivity index (χ2n) is 4.74. The molecule has 0 aliphatic carbocycles. The van der Waals surface area contributed by atoms with Crippen LogP contribution in [0, 0.1) is 0 Å². The summed E-state index contributed by atoms with van der Waals surface area (Å²) in [5.74, 6) is 0. The van der Waals surface area contributed by atoms with Crippen molar-refractivity contribution in [1.29, 1.82) is 0 Å². The lowest BCUT2D eigenvalue weighted by Gasteiger charge is -2.39. The second-order valence-corrected chi connectivity index (χ2v) is 4.74. The van der Waals surface area contributed by atoms with Crippen molar-refractivity contribution in [3.8, 4) is 0 Å². The van der Waals surface area contributed by atoms with Crippen molar-refractivity contribution < 1.29 is 19.7 Å². The second kappa shape index (κ2) is 4.22. The SMILES string of the molecule is CCC(O)(CC)C1COC(C)(C)N1C(=O)O. The summed E-state index contributed by atoms with van der Waals surface area (Å²) in [4.78, 5) is 12.5. The van der Waals surface area contributed by atoms with E-state index in [0.29, 0.717) is 12.8 Å². The van der Waals surface area contributed by atoms with Crippen molar-refractivity contribution in [2.24, 2.45) is 0 Å². The first-order valence-electron chi connectivity index (χ1n) is 5.67. The molecule has 1 aliphatic heterocycles. The van der Waals surface area contributed by atoms with Gasteiger partial charge in [0.25, 0.3) is 0 Å². The predicted molar refractivity (Wildman–Crippen MR) is 59.2 cm³/mol. The molecule has 5 heteroatoms. The zero-order valence-electron chi connectivity index (χ0n) is 10.4. The van der Waals surface area contributed by atoms with Crippen LogP contribution in [0.4, 0.5) is 4.79 Å². The minimum Gasteiger partial charge on any atom is -0.465 e. The van der Waals surface area contributed by atoms with Crippen molar-refractivity contribution in [3.05, 3.63) is 0 Å². The Morgan fingerprint density at radius 1 is 1.50 bits per heavy atom. The molecule has 0 spiro atoms. The Labute approximate surface area is 96.0 Å². The highest BCUT2D eigenvalue weighted by Gasteiger charge is 2.51. The maximum atomic E-state index is 11.2. The molecule has 1 saturated heterocycles. The van der Waals surface area contributed by atoms with Crippen molar-refractivity contribution in [2.75, 3.05) is 6.61 Å². The van der Waals surface area contributed by atoms with E-state index in [2.05, 4.69) is 0 Å². The summed E-state index contributed by atoms with van der Waals surface area (Å²) in [5.41, 5.74) is -1.87. The maximum Gasteiger partial charge on any atom is 0.410 e. The Bertz CT molecular complexity index is 273. The first-order chi connectivity index (χ1) is 7.28. The standard InChI is InChI=1S/C11H21NO4/c1-5-11(15,6-2)8-7-16-10(3,4)12(8)9(13)14/h8,15H,5-7H2,1-4H3,(H,13,14). The first-order valence-corrected chi connectivity index (χ1v) is 5.67. The van der Waals surface area contributed by atoms with E-state index in [4.69, 9.17) is 4.74 Å². The van der Waals surface area contributed by atoms with Crippen molar-refractivity contribution >= 4 is 6.09 Å². The number of hydrogen-bond donors (Lipinski definition) is 2. The molecular weight excluding hydrogens is 210 g/mol. The molecule has 0 bridgehead atoms. The van der Waals surface area contributed by atoms with Gasteiger partial charge in [0.1, 0.15) is 5.72 Å². The van der Waals surface area contributed by atoms with Crippen LogP contribution in [0.2, 0.25) is 0 Å². The summed E-state index contributed by atoms with van der Waals surface area (Å²) in [7, 11) is 0. The van der Waals surface area contributed by atoms with Gasteiger partial charge in [0.2, 0.25) is 0 Å². The zero-order valence-corrected chi connectivity index (χ0v) is 10.4. The monoisotopic (exact) mass is 231 g/mol. The number of carbonyl (C=O) groups is 1. The molecule has 1 atom stereocenters. The molecule has 1 fully saturated rings. The van der Waals surface area contributed by atoms with Crippen LogP contribution >= 0.6 is 0 Å². The Morgan fingerprint density at radius 2 is 2.00 bits per heavy atom. The van der Waals surface area contributed by atoms with Gasteiger partial charge in [-0.3, -0.25) is 4.90 Å². The van der Waals surface area contributed by atoms with Gasteiger partial charge in [-0.15, -0.1) is 0 Å². The highest BCUT2D eigenvalue weighted by Crippen LogP contribution is 2.35. The third-order valence-corrected chi connectivity index (χ3v) is 3.54. The average molecular weight is 231 g/mol. The Morgan fingerprint density at radius 3 is 2.38 bits per heavy atom. The van der Waals surface area contributed by atoms with Gasteiger partial charge in [0, 0.05) is 0 Å². The number of carboxylic acid groups (broad SMARTS) is 1. The van der Waals surface area contributed by atoms with Gasteiger partial charge < -0.3 is 14.9 Å². The molecule has 0 saturated carbocycles. The summed E-state index contributed by atoms with van der Waals surface area (Å²) in [5, 5.41) is 19.6. The van der Waals surface area contributed by atoms with Crippen LogP contribution in [0.3, 0.4) is 0 Å². The molecule has 0 aromatic carbocycles. The molecule has 1 heterocycles. The van der Waals surface area contributed by atoms with Crippen LogP contribution in [-0.4, -0.2) is 45.2 Å². The summed E-state index contributed by atoms with van der Waals surface area (Å²) < 4.78 is 5.46. The van der Waals surface area contributed by atoms with Gasteiger partial charge in [-0.2, -0.15) is 0 Å². The van der Waals surface area contributed by atoms with Crippen molar-refractivity contribution in [2.45, 2.75) is 57.9 Å². The van der Waals surface area contributed by atoms with Crippen molar-refractivity contribution in [1.82, 2.24) is 4.90 Å². The number of ether oxygens (including phenoxy) is 1. The lowest BCUT2D eigenvalue weighted by atomic mass is 9.88. The normalized spacial score (nSPS) is 24.8. The average Bonchev–Trinajstić information content (AvgIpc) is 2.53. The third-order valence-electron chi connectivity index (χ3n) is 3.54. The van der Waals surface area contributed by atoms with Crippen LogP contribution in [0.5, 0.6) is 0 Å². The van der Waals surface area contributed by atoms with Gasteiger partial charge in [-0.1, -0.05) is 13.8 Å². The van der Waals surface area contributed by atoms with Crippen molar-refractivity contribution in [3.63, 3.8) is 0 Å². The summed E-state index contributed by atoms with van der Waals surface area (Å²) >= 11 is 0. The molecule has 1 rings (SSSR count). The molecule has 94 valence electrons. The number of aliphatic hydroxyl groups is 1. The Kier molecular flexibility index (Phi) is 3.50. The molecular formula is C11H21NO4. The van der Waals surface area contributed by atoms with Crippen LogP contribution in [-0.2, 0) is 4.74 Å². The maximum absolute atomic E-state index is 11.2. The molecule has 5 nitrogen and oxygen atoms in total. The van der Waals surface area contributed by atoms with Crippen LogP contribution in [0.25, 0.3) is 0 Å². The summed E-state index contributed by atoms with van der Waals surface area (Å²) in [6.07, 6.45) is -0.0257. The molecule has 16 heavy (non-hydrogen) atoms. The topological polar surface area (TPSA) is 70.0 Å². The Balaban J connectivity index is 3.02. The fourth-order valence-electron chi connectivity index (χ4n) is 2.28. The Hall–Kier alpha value is -0.810. The van der Waals surface area contributed by atoms with Crippen LogP contribution in [0.15, 0.2) is 0 Å². The van der Waals surface area contributed by atoms with Crippen LogP contribution < -0.4 is 0 Å². The predicted octanol–water partition coefficient (Wildman–Crippen LogP) is 1.65. The van der Waals surface area contributed by atoms with E-state index in [1.54, 1.807) is 13.8 Å². The highest BCUT2D eigenvalue weighted by atomic mass is 16.5. The largest absolute Gasteiger partial charge is 0.465 e. The lowest BCUT2D eigenvalue weighted by molar-refractivity contribution is -0.0655. The van der Waals surface area contributed by atoms with Gasteiger partial charge in [-0.05, 0) is 26.7 Å². The van der Waals surface area contributed by atoms with E-state index < -0.39 is 23.5 Å². The third kappa shape index (κ3) is 2.01. The quantitative estimate of drug-likeness (QED) is 0.775. The van der Waals surface area contributed by atoms with E-state index in [9.17, 15) is 15.0 Å². The molecule has 1 amide bonds. The molecule has 1 aliphatic rings. The molecule has 1 unspecified atom stereocenters. The van der Waals surface area contributed by atoms with Crippen LogP contribution in [0.1, 0.15) is 40.5 Å². The molecule has 0 radical (unpaired) electrons. The van der Waals surface area contributed by atoms with E-state index in [-0.39, 0.29) is 6.61 Å². The molecule has 0 aromatic rings. The molecule has 0 aromatic heterocycles. The van der Waals surface area contributed by atoms with Gasteiger partial charge >= 0.3 is 6.09 Å². The van der Waals surface area contributed by atoms with Gasteiger partial charge in [0.15, 0.2) is 0 Å². The van der Waals surface area contributed by atoms with Gasteiger partial charge in [-0.25, -0.2) is 4.79 Å². The smallest absolute Gasteiger partial charge is 0.410 e. The summed E-state index contributed by atoms with van der Waals surface area (Å²) in [6, 6.07) is -0.491.